The first kappa shape index (κ1) is 11.7. The minimum atomic E-state index is -0.427. The Morgan fingerprint density at radius 2 is 2.40 bits per heavy atom. The van der Waals surface area contributed by atoms with Gasteiger partial charge in [0.2, 0.25) is 0 Å². The van der Waals surface area contributed by atoms with Gasteiger partial charge in [-0.1, -0.05) is 11.6 Å². The van der Waals surface area contributed by atoms with E-state index in [0.29, 0.717) is 11.6 Å². The highest BCUT2D eigenvalue weighted by Crippen LogP contribution is 2.02. The summed E-state index contributed by atoms with van der Waals surface area (Å²) in [4.78, 5) is 25.7. The van der Waals surface area contributed by atoms with Crippen molar-refractivity contribution in [3.8, 4) is 0 Å². The lowest BCUT2D eigenvalue weighted by molar-refractivity contribution is -0.143. The Hall–Kier alpha value is -1.36. The number of esters is 1. The van der Waals surface area contributed by atoms with Gasteiger partial charge in [0, 0.05) is 12.7 Å². The topological polar surface area (TPSA) is 61.2 Å². The predicted molar refractivity (Wildman–Crippen MR) is 54.8 cm³/mol. The van der Waals surface area contributed by atoms with E-state index in [2.05, 4.69) is 4.98 Å². The summed E-state index contributed by atoms with van der Waals surface area (Å²) < 4.78 is 6.00. The number of nitrogens with zero attached hydrogens (tertiary/aromatic N) is 2. The fraction of sp³-hybridized carbons (Fsp3) is 0.444. The molecule has 0 saturated carbocycles. The molecule has 6 heteroatoms. The van der Waals surface area contributed by atoms with E-state index in [1.807, 2.05) is 0 Å². The Bertz CT molecular complexity index is 403. The lowest BCUT2D eigenvalue weighted by Crippen LogP contribution is -2.23. The molecule has 0 spiro atoms. The van der Waals surface area contributed by atoms with E-state index in [1.54, 1.807) is 6.92 Å². The molecule has 0 unspecified atom stereocenters. The van der Waals surface area contributed by atoms with Crippen LogP contribution in [0.15, 0.2) is 17.2 Å². The molecule has 1 aromatic rings. The molecule has 0 aliphatic rings. The van der Waals surface area contributed by atoms with Gasteiger partial charge in [0.1, 0.15) is 0 Å². The van der Waals surface area contributed by atoms with Gasteiger partial charge in [-0.05, 0) is 6.92 Å². The number of carbonyl (C=O) groups excluding carboxylic acids is 1. The maximum atomic E-state index is 11.2. The number of aromatic nitrogens is 2. The van der Waals surface area contributed by atoms with Crippen LogP contribution in [0.25, 0.3) is 0 Å². The lowest BCUT2D eigenvalue weighted by atomic mass is 10.4. The predicted octanol–water partition coefficient (Wildman–Crippen LogP) is 0.850. The standard InChI is InChI=1S/C9H11ClN2O3/c1-2-15-8(13)3-4-12-6-7(10)5-11-9(12)14/h5-6H,2-4H2,1H3. The molecule has 0 bridgehead atoms. The number of ether oxygens (including phenoxy) is 1. The molecule has 0 N–H and O–H groups in total. The third kappa shape index (κ3) is 3.71. The maximum Gasteiger partial charge on any atom is 0.347 e. The molecule has 0 radical (unpaired) electrons. The van der Waals surface area contributed by atoms with Crippen LogP contribution in [-0.4, -0.2) is 22.1 Å². The van der Waals surface area contributed by atoms with Gasteiger partial charge in [0.15, 0.2) is 0 Å². The van der Waals surface area contributed by atoms with Crippen molar-refractivity contribution >= 4 is 17.6 Å². The van der Waals surface area contributed by atoms with Crippen molar-refractivity contribution in [2.75, 3.05) is 6.61 Å². The molecule has 0 aromatic carbocycles. The summed E-state index contributed by atoms with van der Waals surface area (Å²) in [5.74, 6) is -0.343. The highest BCUT2D eigenvalue weighted by atomic mass is 35.5. The van der Waals surface area contributed by atoms with Crippen molar-refractivity contribution in [2.45, 2.75) is 19.9 Å². The highest BCUT2D eigenvalue weighted by Gasteiger charge is 2.04. The number of halogens is 1. The number of carbonyl (C=O) groups is 1. The zero-order valence-electron chi connectivity index (χ0n) is 8.27. The average Bonchev–Trinajstić information content (AvgIpc) is 2.20. The van der Waals surface area contributed by atoms with Gasteiger partial charge >= 0.3 is 11.7 Å². The molecule has 0 amide bonds. The van der Waals surface area contributed by atoms with Crippen LogP contribution < -0.4 is 5.69 Å². The zero-order chi connectivity index (χ0) is 11.3. The Kier molecular flexibility index (Phi) is 4.30. The van der Waals surface area contributed by atoms with Gasteiger partial charge in [-0.15, -0.1) is 0 Å². The fourth-order valence-electron chi connectivity index (χ4n) is 1.03. The van der Waals surface area contributed by atoms with Crippen LogP contribution in [0, 0.1) is 0 Å². The van der Waals surface area contributed by atoms with Crippen molar-refractivity contribution in [1.82, 2.24) is 9.55 Å². The number of aryl methyl sites for hydroxylation is 1. The Morgan fingerprint density at radius 3 is 3.07 bits per heavy atom. The van der Waals surface area contributed by atoms with E-state index < -0.39 is 5.69 Å². The van der Waals surface area contributed by atoms with Gasteiger partial charge < -0.3 is 4.74 Å². The number of hydrogen-bond acceptors (Lipinski definition) is 4. The van der Waals surface area contributed by atoms with E-state index in [-0.39, 0.29) is 18.9 Å². The van der Waals surface area contributed by atoms with Crippen molar-refractivity contribution in [3.63, 3.8) is 0 Å². The normalized spacial score (nSPS) is 10.0. The second-order valence-electron chi connectivity index (χ2n) is 2.80. The first-order valence-electron chi connectivity index (χ1n) is 4.51. The van der Waals surface area contributed by atoms with Gasteiger partial charge in [0.05, 0.1) is 24.2 Å². The molecule has 82 valence electrons. The zero-order valence-corrected chi connectivity index (χ0v) is 9.03. The largest absolute Gasteiger partial charge is 0.466 e. The summed E-state index contributed by atoms with van der Waals surface area (Å²) in [6.07, 6.45) is 2.84. The summed E-state index contributed by atoms with van der Waals surface area (Å²) in [6.45, 7) is 2.29. The third-order valence-corrected chi connectivity index (χ3v) is 1.88. The molecule has 0 atom stereocenters. The lowest BCUT2D eigenvalue weighted by Gasteiger charge is -2.04. The summed E-state index contributed by atoms with van der Waals surface area (Å²) in [5.41, 5.74) is -0.427. The molecular weight excluding hydrogens is 220 g/mol. The minimum absolute atomic E-state index is 0.135. The van der Waals surface area contributed by atoms with Gasteiger partial charge in [-0.2, -0.15) is 0 Å². The molecule has 0 saturated heterocycles. The second kappa shape index (κ2) is 5.50. The fourth-order valence-corrected chi connectivity index (χ4v) is 1.20. The van der Waals surface area contributed by atoms with Gasteiger partial charge in [-0.3, -0.25) is 9.36 Å². The molecule has 1 rings (SSSR count). The SMILES string of the molecule is CCOC(=O)CCn1cc(Cl)cnc1=O. The van der Waals surface area contributed by atoms with Crippen LogP contribution in [-0.2, 0) is 16.1 Å². The molecule has 0 aliphatic heterocycles. The van der Waals surface area contributed by atoms with Crippen LogP contribution in [0.3, 0.4) is 0 Å². The summed E-state index contributed by atoms with van der Waals surface area (Å²) in [5, 5.41) is 0.360. The van der Waals surface area contributed by atoms with E-state index in [1.165, 1.54) is 17.0 Å². The van der Waals surface area contributed by atoms with E-state index in [0.717, 1.165) is 0 Å². The Morgan fingerprint density at radius 1 is 1.67 bits per heavy atom. The van der Waals surface area contributed by atoms with Crippen LogP contribution in [0.4, 0.5) is 0 Å². The van der Waals surface area contributed by atoms with Crippen LogP contribution in [0.1, 0.15) is 13.3 Å². The van der Waals surface area contributed by atoms with Crippen molar-refractivity contribution in [3.05, 3.63) is 27.9 Å². The first-order valence-corrected chi connectivity index (χ1v) is 4.89. The monoisotopic (exact) mass is 230 g/mol. The maximum absolute atomic E-state index is 11.2. The van der Waals surface area contributed by atoms with E-state index in [9.17, 15) is 9.59 Å². The van der Waals surface area contributed by atoms with Gasteiger partial charge in [-0.25, -0.2) is 9.78 Å². The van der Waals surface area contributed by atoms with Crippen molar-refractivity contribution < 1.29 is 9.53 Å². The van der Waals surface area contributed by atoms with Gasteiger partial charge in [0.25, 0.3) is 0 Å². The molecule has 15 heavy (non-hydrogen) atoms. The quantitative estimate of drug-likeness (QED) is 0.720. The molecule has 0 aliphatic carbocycles. The first-order chi connectivity index (χ1) is 7.13. The minimum Gasteiger partial charge on any atom is -0.466 e. The molecule has 1 aromatic heterocycles. The molecule has 5 nitrogen and oxygen atoms in total. The van der Waals surface area contributed by atoms with E-state index >= 15 is 0 Å². The summed E-state index contributed by atoms with van der Waals surface area (Å²) in [6, 6.07) is 0. The Labute approximate surface area is 91.6 Å². The van der Waals surface area contributed by atoms with Crippen molar-refractivity contribution in [1.29, 1.82) is 0 Å². The Balaban J connectivity index is 2.61. The molecular formula is C9H11ClN2O3. The van der Waals surface area contributed by atoms with Crippen molar-refractivity contribution in [2.24, 2.45) is 0 Å². The number of rotatable bonds is 4. The molecule has 0 fully saturated rings. The van der Waals surface area contributed by atoms with Crippen LogP contribution >= 0.6 is 11.6 Å². The average molecular weight is 231 g/mol. The van der Waals surface area contributed by atoms with E-state index in [4.69, 9.17) is 16.3 Å². The third-order valence-electron chi connectivity index (χ3n) is 1.69. The summed E-state index contributed by atoms with van der Waals surface area (Å²) >= 11 is 5.65. The summed E-state index contributed by atoms with van der Waals surface area (Å²) in [7, 11) is 0. The highest BCUT2D eigenvalue weighted by molar-refractivity contribution is 6.30. The molecule has 1 heterocycles. The van der Waals surface area contributed by atoms with Crippen LogP contribution in [0.5, 0.6) is 0 Å². The smallest absolute Gasteiger partial charge is 0.347 e. The van der Waals surface area contributed by atoms with Crippen LogP contribution in [0.2, 0.25) is 5.02 Å². The number of hydrogen-bond donors (Lipinski definition) is 0. The second-order valence-corrected chi connectivity index (χ2v) is 3.24.